The fourth-order valence-electron chi connectivity index (χ4n) is 7.18. The van der Waals surface area contributed by atoms with Crippen molar-refractivity contribution in [1.82, 2.24) is 0 Å². The van der Waals surface area contributed by atoms with Crippen LogP contribution in [-0.2, 0) is 27.5 Å². The van der Waals surface area contributed by atoms with E-state index in [1.807, 2.05) is 0 Å². The monoisotopic (exact) mass is 639 g/mol. The average Bonchev–Trinajstić information content (AvgIpc) is 3.06. The van der Waals surface area contributed by atoms with Crippen molar-refractivity contribution in [2.45, 2.75) is 193 Å². The summed E-state index contributed by atoms with van der Waals surface area (Å²) in [6, 6.07) is 18.0. The maximum atomic E-state index is 12.6. The van der Waals surface area contributed by atoms with E-state index in [1.165, 1.54) is 164 Å². The Hall–Kier alpha value is -1.37. The molecular weight excluding hydrogens is 567 g/mol. The average molecular weight is 639 g/mol. The molecule has 0 radical (unpaired) electrons. The van der Waals surface area contributed by atoms with Crippen LogP contribution in [0.4, 0.5) is 0 Å². The number of benzene rings is 2. The first-order valence-corrected chi connectivity index (χ1v) is 20.5. The molecule has 1 unspecified atom stereocenters. The first-order chi connectivity index (χ1) is 22.2. The topological polar surface area (TPSA) is 26.3 Å². The minimum Gasteiger partial charge on any atom is -0.316 e. The summed E-state index contributed by atoms with van der Waals surface area (Å²) >= 11 is 0. The molecule has 0 fully saturated rings. The molecule has 0 N–H and O–H groups in total. The first kappa shape index (κ1) is 39.8. The van der Waals surface area contributed by atoms with Crippen LogP contribution in [0.15, 0.2) is 48.5 Å². The van der Waals surface area contributed by atoms with Gasteiger partial charge in [-0.3, -0.25) is 4.57 Å². The van der Waals surface area contributed by atoms with Gasteiger partial charge in [-0.05, 0) is 60.8 Å². The molecule has 2 aromatic carbocycles. The number of aryl methyl sites for hydroxylation is 2. The van der Waals surface area contributed by atoms with Gasteiger partial charge < -0.3 is 4.52 Å². The fourth-order valence-corrected chi connectivity index (χ4v) is 7.71. The fraction of sp³-hybridized carbons (Fsp3) is 0.714. The van der Waals surface area contributed by atoms with Crippen LogP contribution in [-0.4, -0.2) is 0 Å². The van der Waals surface area contributed by atoms with Gasteiger partial charge in [-0.25, -0.2) is 0 Å². The van der Waals surface area contributed by atoms with Gasteiger partial charge in [-0.2, -0.15) is 0 Å². The van der Waals surface area contributed by atoms with E-state index >= 15 is 0 Å². The van der Waals surface area contributed by atoms with E-state index in [9.17, 15) is 4.57 Å². The summed E-state index contributed by atoms with van der Waals surface area (Å²) in [6.45, 7) is 6.87. The molecule has 45 heavy (non-hydrogen) atoms. The lowest BCUT2D eigenvalue weighted by Crippen LogP contribution is -2.31. The van der Waals surface area contributed by atoms with Crippen LogP contribution in [0.5, 0.6) is 0 Å². The van der Waals surface area contributed by atoms with Crippen molar-refractivity contribution >= 4 is 8.69 Å². The molecule has 0 bridgehead atoms. The van der Waals surface area contributed by atoms with Crippen LogP contribution in [0, 0.1) is 0 Å². The number of rotatable bonds is 30. The number of hydrogen-bond donors (Lipinski definition) is 0. The SMILES string of the molecule is CCCCCCCCCCCC(O[PH2]=O)(c1ccccc1CCCCCCCCC)c1ccccc1CCCCCCCCC. The maximum Gasteiger partial charge on any atom is 0.181 e. The van der Waals surface area contributed by atoms with E-state index in [0.717, 1.165) is 25.7 Å². The van der Waals surface area contributed by atoms with Crippen LogP contribution in [0.25, 0.3) is 0 Å². The lowest BCUT2D eigenvalue weighted by atomic mass is 9.76. The standard InChI is InChI=1S/C42H71O2P/c1-4-7-10-13-16-17-20-23-30-37-42(44-45-43,40-35-28-26-33-38(40)31-24-21-18-14-11-8-5-2)41-36-29-27-34-39(41)32-25-22-19-15-12-9-6-3/h26-29,33-36H,4-25,30-32,37,45H2,1-3H3. The molecular formula is C42H71O2P. The molecule has 0 aliphatic rings. The second-order valence-electron chi connectivity index (χ2n) is 13.7. The van der Waals surface area contributed by atoms with Crippen molar-refractivity contribution in [3.63, 3.8) is 0 Å². The van der Waals surface area contributed by atoms with Gasteiger partial charge in [-0.15, -0.1) is 0 Å². The summed E-state index contributed by atoms with van der Waals surface area (Å²) in [6.07, 6.45) is 33.2. The zero-order valence-corrected chi connectivity index (χ0v) is 31.1. The van der Waals surface area contributed by atoms with E-state index in [-0.39, 0.29) is 0 Å². The number of hydrogen-bond acceptors (Lipinski definition) is 2. The van der Waals surface area contributed by atoms with Crippen LogP contribution in [0.1, 0.15) is 197 Å². The molecule has 2 rings (SSSR count). The van der Waals surface area contributed by atoms with Crippen molar-refractivity contribution in [3.05, 3.63) is 70.8 Å². The largest absolute Gasteiger partial charge is 0.316 e. The van der Waals surface area contributed by atoms with E-state index in [4.69, 9.17) is 4.52 Å². The lowest BCUT2D eigenvalue weighted by Gasteiger charge is -2.36. The van der Waals surface area contributed by atoms with Crippen molar-refractivity contribution in [3.8, 4) is 0 Å². The quantitative estimate of drug-likeness (QED) is 0.0628. The number of unbranched alkanes of at least 4 members (excludes halogenated alkanes) is 20. The normalized spacial score (nSPS) is 12.1. The summed E-state index contributed by atoms with van der Waals surface area (Å²) in [4.78, 5) is 0. The minimum absolute atomic E-state index is 0.631. The van der Waals surface area contributed by atoms with Crippen molar-refractivity contribution in [2.24, 2.45) is 0 Å². The van der Waals surface area contributed by atoms with Gasteiger partial charge in [0.25, 0.3) is 0 Å². The molecule has 2 nitrogen and oxygen atoms in total. The predicted octanol–water partition coefficient (Wildman–Crippen LogP) is 14.1. The van der Waals surface area contributed by atoms with E-state index in [1.54, 1.807) is 0 Å². The Morgan fingerprint density at radius 1 is 0.467 bits per heavy atom. The van der Waals surface area contributed by atoms with Crippen molar-refractivity contribution < 1.29 is 9.09 Å². The van der Waals surface area contributed by atoms with Gasteiger partial charge >= 0.3 is 0 Å². The molecule has 3 heteroatoms. The van der Waals surface area contributed by atoms with Crippen molar-refractivity contribution in [2.75, 3.05) is 0 Å². The van der Waals surface area contributed by atoms with Gasteiger partial charge in [-0.1, -0.05) is 198 Å². The molecule has 2 aromatic rings. The molecule has 256 valence electrons. The molecule has 0 saturated carbocycles. The van der Waals surface area contributed by atoms with Gasteiger partial charge in [0.2, 0.25) is 0 Å². The summed E-state index contributed by atoms with van der Waals surface area (Å²) in [7, 11) is -1.33. The highest BCUT2D eigenvalue weighted by Gasteiger charge is 2.38. The minimum atomic E-state index is -1.33. The summed E-state index contributed by atoms with van der Waals surface area (Å²) < 4.78 is 19.2. The molecule has 0 heterocycles. The lowest BCUT2D eigenvalue weighted by molar-refractivity contribution is 0.112. The molecule has 0 amide bonds. The highest BCUT2D eigenvalue weighted by Crippen LogP contribution is 2.45. The van der Waals surface area contributed by atoms with E-state index in [2.05, 4.69) is 69.3 Å². The summed E-state index contributed by atoms with van der Waals surface area (Å²) in [5, 5.41) is 0. The molecule has 0 saturated heterocycles. The second-order valence-corrected chi connectivity index (χ2v) is 14.1. The highest BCUT2D eigenvalue weighted by molar-refractivity contribution is 7.17. The van der Waals surface area contributed by atoms with Gasteiger partial charge in [0.1, 0.15) is 5.60 Å². The zero-order valence-electron chi connectivity index (χ0n) is 29.9. The third-order valence-electron chi connectivity index (χ3n) is 9.89. The highest BCUT2D eigenvalue weighted by atomic mass is 31.1. The van der Waals surface area contributed by atoms with Gasteiger partial charge in [0, 0.05) is 0 Å². The second kappa shape index (κ2) is 26.7. The molecule has 1 atom stereocenters. The first-order valence-electron chi connectivity index (χ1n) is 19.5. The third-order valence-corrected chi connectivity index (χ3v) is 10.4. The Morgan fingerprint density at radius 3 is 1.18 bits per heavy atom. The Morgan fingerprint density at radius 2 is 0.800 bits per heavy atom. The van der Waals surface area contributed by atoms with E-state index < -0.39 is 14.3 Å². The van der Waals surface area contributed by atoms with E-state index in [0.29, 0.717) is 0 Å². The molecule has 0 aromatic heterocycles. The van der Waals surface area contributed by atoms with Crippen LogP contribution in [0.2, 0.25) is 0 Å². The Labute approximate surface area is 281 Å². The van der Waals surface area contributed by atoms with Crippen molar-refractivity contribution in [1.29, 1.82) is 0 Å². The Kier molecular flexibility index (Phi) is 23.6. The Bertz CT molecular complexity index is 925. The van der Waals surface area contributed by atoms with Gasteiger partial charge in [0.15, 0.2) is 8.69 Å². The zero-order chi connectivity index (χ0) is 32.3. The van der Waals surface area contributed by atoms with Crippen LogP contribution in [0.3, 0.4) is 0 Å². The molecule has 0 aliphatic heterocycles. The van der Waals surface area contributed by atoms with Crippen LogP contribution >= 0.6 is 8.69 Å². The third kappa shape index (κ3) is 15.9. The Balaban J connectivity index is 2.25. The summed E-state index contributed by atoms with van der Waals surface area (Å²) in [5.74, 6) is 0. The van der Waals surface area contributed by atoms with Crippen LogP contribution < -0.4 is 0 Å². The van der Waals surface area contributed by atoms with Gasteiger partial charge in [0.05, 0.1) is 0 Å². The maximum absolute atomic E-state index is 12.6. The predicted molar refractivity (Wildman–Crippen MR) is 200 cm³/mol. The smallest absolute Gasteiger partial charge is 0.181 e. The molecule has 0 spiro atoms. The summed E-state index contributed by atoms with van der Waals surface area (Å²) in [5.41, 5.74) is 4.69. The molecule has 0 aliphatic carbocycles.